The number of carbonyl (C=O) groups excluding carboxylic acids is 1. The third-order valence-electron chi connectivity index (χ3n) is 4.34. The van der Waals surface area contributed by atoms with Gasteiger partial charge in [-0.3, -0.25) is 9.10 Å². The maximum atomic E-state index is 12.5. The highest BCUT2D eigenvalue weighted by Crippen LogP contribution is 2.37. The summed E-state index contributed by atoms with van der Waals surface area (Å²) >= 11 is 0. The summed E-state index contributed by atoms with van der Waals surface area (Å²) in [6.07, 6.45) is -0.316. The van der Waals surface area contributed by atoms with Gasteiger partial charge in [-0.2, -0.15) is 13.2 Å². The minimum absolute atomic E-state index is 0.0585. The third-order valence-corrected chi connectivity index (χ3v) is 5.51. The Balaban J connectivity index is 0.000000981. The number of carbonyl (C=O) groups is 1. The van der Waals surface area contributed by atoms with Crippen LogP contribution in [-0.2, 0) is 14.8 Å². The molecule has 184 valence electrons. The van der Waals surface area contributed by atoms with Crippen LogP contribution >= 0.6 is 0 Å². The van der Waals surface area contributed by atoms with Crippen LogP contribution in [-0.4, -0.2) is 46.6 Å². The molecule has 1 aromatic rings. The van der Waals surface area contributed by atoms with Gasteiger partial charge in [-0.05, 0) is 37.3 Å². The third kappa shape index (κ3) is 9.68. The van der Waals surface area contributed by atoms with Crippen molar-refractivity contribution < 1.29 is 43.6 Å². The van der Waals surface area contributed by atoms with Crippen molar-refractivity contribution in [2.75, 3.05) is 17.1 Å². The van der Waals surface area contributed by atoms with Crippen LogP contribution in [0.25, 0.3) is 4.98 Å². The zero-order valence-corrected chi connectivity index (χ0v) is 18.0. The highest BCUT2D eigenvalue weighted by Gasteiger charge is 2.39. The molecule has 0 saturated carbocycles. The number of allylic oxidation sites excluding steroid dienone is 1. The summed E-state index contributed by atoms with van der Waals surface area (Å²) in [6.45, 7) is -0.274. The molecule has 1 aliphatic rings. The number of amides is 1. The summed E-state index contributed by atoms with van der Waals surface area (Å²) in [6, 6.07) is 5.48. The first-order valence-electron chi connectivity index (χ1n) is 9.40. The van der Waals surface area contributed by atoms with E-state index >= 15 is 0 Å². The molecule has 33 heavy (non-hydrogen) atoms. The number of diazo groups is 1. The second-order valence-electron chi connectivity index (χ2n) is 6.87. The van der Waals surface area contributed by atoms with Crippen LogP contribution in [0.15, 0.2) is 35.9 Å². The molecule has 16 heteroatoms. The summed E-state index contributed by atoms with van der Waals surface area (Å²) in [4.78, 5) is 14.1. The van der Waals surface area contributed by atoms with Crippen molar-refractivity contribution in [3.63, 3.8) is 0 Å². The number of para-hydroxylation sites is 1. The second kappa shape index (κ2) is 11.3. The molecule has 1 aliphatic carbocycles. The van der Waals surface area contributed by atoms with Crippen LogP contribution < -0.4 is 9.62 Å². The largest absolute Gasteiger partial charge is 0.673 e. The molecule has 0 heterocycles. The molecule has 1 unspecified atom stereocenters. The highest BCUT2D eigenvalue weighted by atomic mass is 32.2. The van der Waals surface area contributed by atoms with Gasteiger partial charge in [0, 0.05) is 12.6 Å². The van der Waals surface area contributed by atoms with Gasteiger partial charge in [0.05, 0.1) is 12.3 Å². The van der Waals surface area contributed by atoms with E-state index in [1.54, 1.807) is 23.5 Å². The molecule has 1 atom stereocenters. The first-order chi connectivity index (χ1) is 15.1. The molecule has 1 N–H and O–H groups in total. The Morgan fingerprint density at radius 2 is 1.82 bits per heavy atom. The van der Waals surface area contributed by atoms with E-state index in [4.69, 9.17) is 0 Å². The Kier molecular flexibility index (Phi) is 9.70. The minimum Gasteiger partial charge on any atom is -0.418 e. The van der Waals surface area contributed by atoms with Gasteiger partial charge in [0.1, 0.15) is 5.69 Å². The van der Waals surface area contributed by atoms with Gasteiger partial charge >= 0.3 is 25.0 Å². The van der Waals surface area contributed by atoms with Crippen molar-refractivity contribution in [1.82, 2.24) is 5.32 Å². The first-order valence-corrected chi connectivity index (χ1v) is 11.3. The SMILES string of the molecule is CS(=O)(=O)N(c1ccccc1[N+]#N)C1CCCC=C1CCNC(=O)C(F)(F)F.F[B-](F)(F)F. The molecular weight excluding hydrogens is 484 g/mol. The fraction of sp³-hybridized carbons (Fsp3) is 0.471. The Bertz CT molecular complexity index is 1000. The number of benzene rings is 1. The maximum absolute atomic E-state index is 12.5. The molecule has 1 amide bonds. The summed E-state index contributed by atoms with van der Waals surface area (Å²) in [5, 5.41) is 11.0. The van der Waals surface area contributed by atoms with E-state index in [9.17, 15) is 49.0 Å². The van der Waals surface area contributed by atoms with Crippen molar-refractivity contribution in [3.8, 4) is 0 Å². The van der Waals surface area contributed by atoms with Crippen molar-refractivity contribution in [2.24, 2.45) is 0 Å². The van der Waals surface area contributed by atoms with E-state index in [0.29, 0.717) is 24.8 Å². The number of hydrogen-bond acceptors (Lipinski definition) is 4. The topological polar surface area (TPSA) is 94.6 Å². The lowest BCUT2D eigenvalue weighted by Gasteiger charge is -2.34. The number of nitrogens with zero attached hydrogens (tertiary/aromatic N) is 3. The molecule has 0 saturated heterocycles. The van der Waals surface area contributed by atoms with Crippen LogP contribution in [0, 0.1) is 5.39 Å². The van der Waals surface area contributed by atoms with E-state index in [0.717, 1.165) is 10.6 Å². The van der Waals surface area contributed by atoms with E-state index in [2.05, 4.69) is 4.98 Å². The predicted molar refractivity (Wildman–Crippen MR) is 108 cm³/mol. The first kappa shape index (κ1) is 28.2. The van der Waals surface area contributed by atoms with Crippen LogP contribution in [0.1, 0.15) is 25.7 Å². The van der Waals surface area contributed by atoms with E-state index in [1.807, 2.05) is 0 Å². The van der Waals surface area contributed by atoms with Gasteiger partial charge in [-0.15, -0.1) is 0 Å². The van der Waals surface area contributed by atoms with Crippen LogP contribution in [0.4, 0.5) is 41.8 Å². The van der Waals surface area contributed by atoms with Gasteiger partial charge < -0.3 is 22.6 Å². The Hall–Kier alpha value is -2.83. The summed E-state index contributed by atoms with van der Waals surface area (Å²) in [7, 11) is -9.79. The molecule has 7 nitrogen and oxygen atoms in total. The standard InChI is InChI=1S/C17H19F3N4O3S.BF4/c1-28(26,27)24(15-9-5-3-7-13(15)23-21)14-8-4-2-6-12(14)10-11-22-16(25)17(18,19)20;2-1(3,4)5/h3,5-7,9,14H,2,4,8,10-11H2,1H3;/q;-1/p+1. The molecule has 0 spiro atoms. The van der Waals surface area contributed by atoms with Crippen LogP contribution in [0.5, 0.6) is 0 Å². The van der Waals surface area contributed by atoms with Gasteiger partial charge in [0.15, 0.2) is 4.98 Å². The van der Waals surface area contributed by atoms with Crippen LogP contribution in [0.2, 0.25) is 0 Å². The number of rotatable bonds is 6. The van der Waals surface area contributed by atoms with E-state index in [-0.39, 0.29) is 24.3 Å². The van der Waals surface area contributed by atoms with E-state index in [1.165, 1.54) is 12.1 Å². The number of alkyl halides is 3. The fourth-order valence-electron chi connectivity index (χ4n) is 3.19. The lowest BCUT2D eigenvalue weighted by atomic mass is 9.91. The molecule has 2 rings (SSSR count). The number of sulfonamides is 1. The summed E-state index contributed by atoms with van der Waals surface area (Å²) < 4.78 is 102. The molecule has 0 aliphatic heterocycles. The molecule has 0 aromatic heterocycles. The lowest BCUT2D eigenvalue weighted by Crippen LogP contribution is -2.43. The molecule has 0 bridgehead atoms. The lowest BCUT2D eigenvalue weighted by molar-refractivity contribution is -0.173. The van der Waals surface area contributed by atoms with Gasteiger partial charge in [0.2, 0.25) is 15.4 Å². The van der Waals surface area contributed by atoms with Gasteiger partial charge in [-0.25, -0.2) is 8.42 Å². The van der Waals surface area contributed by atoms with Crippen molar-refractivity contribution in [1.29, 1.82) is 5.39 Å². The second-order valence-corrected chi connectivity index (χ2v) is 8.73. The number of hydrogen-bond donors (Lipinski definition) is 1. The van der Waals surface area contributed by atoms with Crippen molar-refractivity contribution in [3.05, 3.63) is 40.9 Å². The monoisotopic (exact) mass is 504 g/mol. The number of nitrogens with one attached hydrogen (secondary N) is 1. The van der Waals surface area contributed by atoms with Gasteiger partial charge in [0.25, 0.3) is 0 Å². The Morgan fingerprint density at radius 3 is 2.33 bits per heavy atom. The smallest absolute Gasteiger partial charge is 0.418 e. The average molecular weight is 504 g/mol. The molecule has 0 radical (unpaired) electrons. The zero-order valence-electron chi connectivity index (χ0n) is 17.2. The Labute approximate surface area is 185 Å². The zero-order chi connectivity index (χ0) is 25.4. The predicted octanol–water partition coefficient (Wildman–Crippen LogP) is 4.78. The maximum Gasteiger partial charge on any atom is 0.673 e. The van der Waals surface area contributed by atoms with Crippen molar-refractivity contribution in [2.45, 2.75) is 37.9 Å². The molecule has 0 fully saturated rings. The summed E-state index contributed by atoms with van der Waals surface area (Å²) in [5.41, 5.74) is 0.833. The van der Waals surface area contributed by atoms with E-state index < -0.39 is 35.4 Å². The van der Waals surface area contributed by atoms with Gasteiger partial charge in [-0.1, -0.05) is 18.2 Å². The quantitative estimate of drug-likeness (QED) is 0.261. The molecular formula is C17H20BF7N4O3S. The Morgan fingerprint density at radius 1 is 1.24 bits per heavy atom. The molecule has 1 aromatic carbocycles. The number of anilines is 1. The normalized spacial score (nSPS) is 16.6. The number of halogens is 7. The minimum atomic E-state index is -6.00. The summed E-state index contributed by atoms with van der Waals surface area (Å²) in [5.74, 6) is -2.04. The fourth-order valence-corrected chi connectivity index (χ4v) is 4.40. The highest BCUT2D eigenvalue weighted by molar-refractivity contribution is 7.92. The average Bonchev–Trinajstić information content (AvgIpc) is 2.66. The van der Waals surface area contributed by atoms with Crippen LogP contribution in [0.3, 0.4) is 0 Å². The van der Waals surface area contributed by atoms with Crippen molar-refractivity contribution >= 4 is 34.6 Å².